The lowest BCUT2D eigenvalue weighted by atomic mass is 10.1. The van der Waals surface area contributed by atoms with Gasteiger partial charge in [-0.05, 0) is 101 Å². The molecule has 0 bridgehead atoms. The Labute approximate surface area is 445 Å². The fraction of sp³-hybridized carbons (Fsp3) is 0. The first-order valence-corrected chi connectivity index (χ1v) is 30.3. The number of hydrogen-bond acceptors (Lipinski definition) is 0. The summed E-state index contributed by atoms with van der Waals surface area (Å²) in [6, 6.07) is 118. The maximum atomic E-state index is 2.54. The van der Waals surface area contributed by atoms with Crippen LogP contribution in [0.3, 0.4) is 0 Å². The fourth-order valence-electron chi connectivity index (χ4n) is 12.8. The third-order valence-electron chi connectivity index (χ3n) is 16.0. The number of hydrogen-bond donors (Lipinski definition) is 0. The third kappa shape index (κ3) is 7.14. The van der Waals surface area contributed by atoms with Crippen LogP contribution in [0.2, 0.25) is 0 Å². The summed E-state index contributed by atoms with van der Waals surface area (Å²) in [5.41, 5.74) is 9.45. The van der Waals surface area contributed by atoms with Crippen LogP contribution in [0.15, 0.2) is 315 Å². The van der Waals surface area contributed by atoms with Crippen LogP contribution in [0.5, 0.6) is 0 Å². The predicted octanol–water partition coefficient (Wildman–Crippen LogP) is 12.3. The topological polar surface area (TPSA) is 9.86 Å². The highest BCUT2D eigenvalue weighted by atomic mass is 28.3. The highest BCUT2D eigenvalue weighted by Gasteiger charge is 2.44. The zero-order valence-electron chi connectivity index (χ0n) is 41.9. The van der Waals surface area contributed by atoms with Gasteiger partial charge in [0.15, 0.2) is 16.1 Å². The number of rotatable bonds is 11. The van der Waals surface area contributed by atoms with Gasteiger partial charge in [-0.25, -0.2) is 0 Å². The van der Waals surface area contributed by atoms with Crippen LogP contribution in [0.1, 0.15) is 0 Å². The molecule has 14 aromatic rings. The molecule has 0 N–H and O–H groups in total. The van der Waals surface area contributed by atoms with Crippen LogP contribution in [0.4, 0.5) is 0 Å². The van der Waals surface area contributed by atoms with Crippen LogP contribution in [0, 0.1) is 0 Å². The van der Waals surface area contributed by atoms with Gasteiger partial charge >= 0.3 is 0 Å². The molecule has 0 aliphatic carbocycles. The standard InChI is InChI=1S/C72H52N2Si2/c1-7-25-53(26-8-1)54-27-23-38-63(51-54)75(57-28-9-2-10-29-57,58-30-11-3-12-31-58)62-48-45-55(46-49-62)73-69-50-47-56(74-67-41-21-19-39-64(67)65-40-20-22-42-68(65)74)52-66(69)72-70(73)43-24-44-71(72)76(59-32-13-4-14-33-59,60-34-15-5-16-35-60)61-36-17-6-18-37-61/h1-52H. The van der Waals surface area contributed by atoms with Crippen LogP contribution < -0.4 is 41.5 Å². The molecule has 0 atom stereocenters. The molecule has 0 unspecified atom stereocenters. The largest absolute Gasteiger partial charge is 0.309 e. The van der Waals surface area contributed by atoms with Crippen molar-refractivity contribution in [1.82, 2.24) is 9.13 Å². The molecule has 2 nitrogen and oxygen atoms in total. The molecule has 2 heterocycles. The average molecular weight is 1000 g/mol. The highest BCUT2D eigenvalue weighted by molar-refractivity contribution is 7.21. The quantitative estimate of drug-likeness (QED) is 0.0903. The van der Waals surface area contributed by atoms with E-state index in [1.165, 1.54) is 96.2 Å². The van der Waals surface area contributed by atoms with Crippen molar-refractivity contribution in [3.8, 4) is 22.5 Å². The molecule has 0 fully saturated rings. The van der Waals surface area contributed by atoms with Crippen LogP contribution in [0.25, 0.3) is 66.1 Å². The molecule has 4 heteroatoms. The van der Waals surface area contributed by atoms with Crippen LogP contribution >= 0.6 is 0 Å². The smallest absolute Gasteiger partial charge is 0.180 e. The van der Waals surface area contributed by atoms with E-state index in [0.29, 0.717) is 0 Å². The molecule has 0 aliphatic rings. The second kappa shape index (κ2) is 18.9. The van der Waals surface area contributed by atoms with Gasteiger partial charge in [0, 0.05) is 32.9 Å². The number of benzene rings is 12. The zero-order chi connectivity index (χ0) is 50.5. The monoisotopic (exact) mass is 1000 g/mol. The highest BCUT2D eigenvalue weighted by Crippen LogP contribution is 2.37. The summed E-state index contributed by atoms with van der Waals surface area (Å²) >= 11 is 0. The molecule has 0 radical (unpaired) electrons. The molecule has 0 spiro atoms. The maximum Gasteiger partial charge on any atom is 0.180 e. The minimum absolute atomic E-state index is 1.12. The maximum absolute atomic E-state index is 3.03. The predicted molar refractivity (Wildman–Crippen MR) is 328 cm³/mol. The van der Waals surface area contributed by atoms with E-state index in [9.17, 15) is 0 Å². The summed E-state index contributed by atoms with van der Waals surface area (Å²) < 4.78 is 5.00. The number of aromatic nitrogens is 2. The average Bonchev–Trinajstić information content (AvgIpc) is 4.03. The van der Waals surface area contributed by atoms with E-state index in [4.69, 9.17) is 0 Å². The second-order valence-corrected chi connectivity index (χ2v) is 27.5. The van der Waals surface area contributed by atoms with Crippen LogP contribution in [-0.4, -0.2) is 25.3 Å². The minimum atomic E-state index is -3.03. The summed E-state index contributed by atoms with van der Waals surface area (Å²) in [5.74, 6) is 0. The van der Waals surface area contributed by atoms with Gasteiger partial charge in [0.25, 0.3) is 0 Å². The molecule has 0 saturated carbocycles. The minimum Gasteiger partial charge on any atom is -0.309 e. The summed E-state index contributed by atoms with van der Waals surface area (Å²) in [6.07, 6.45) is 0. The third-order valence-corrected chi connectivity index (χ3v) is 25.6. The summed E-state index contributed by atoms with van der Waals surface area (Å²) in [7, 11) is -5.95. The summed E-state index contributed by atoms with van der Waals surface area (Å²) in [5, 5.41) is 15.8. The first-order valence-electron chi connectivity index (χ1n) is 26.3. The Morgan fingerprint density at radius 3 is 1.11 bits per heavy atom. The molecule has 0 amide bonds. The fourth-order valence-corrected chi connectivity index (χ4v) is 22.6. The van der Waals surface area contributed by atoms with Crippen LogP contribution in [-0.2, 0) is 0 Å². The van der Waals surface area contributed by atoms with Crippen molar-refractivity contribution in [3.63, 3.8) is 0 Å². The van der Waals surface area contributed by atoms with Gasteiger partial charge in [-0.15, -0.1) is 0 Å². The molecular formula is C72H52N2Si2. The van der Waals surface area contributed by atoms with E-state index in [1.54, 1.807) is 0 Å². The van der Waals surface area contributed by atoms with Crippen molar-refractivity contribution in [2.75, 3.05) is 0 Å². The van der Waals surface area contributed by atoms with Crippen molar-refractivity contribution in [3.05, 3.63) is 315 Å². The summed E-state index contributed by atoms with van der Waals surface area (Å²) in [6.45, 7) is 0. The van der Waals surface area contributed by atoms with Gasteiger partial charge < -0.3 is 9.13 Å². The second-order valence-electron chi connectivity index (χ2n) is 19.9. The lowest BCUT2D eigenvalue weighted by Crippen LogP contribution is -2.74. The Kier molecular flexibility index (Phi) is 11.2. The first-order chi connectivity index (χ1) is 37.7. The molecule has 0 saturated heterocycles. The molecule has 358 valence electrons. The van der Waals surface area contributed by atoms with Crippen molar-refractivity contribution in [2.24, 2.45) is 0 Å². The number of nitrogens with zero attached hydrogens (tertiary/aromatic N) is 2. The van der Waals surface area contributed by atoms with Crippen molar-refractivity contribution >= 4 is 101 Å². The van der Waals surface area contributed by atoms with Gasteiger partial charge in [-0.1, -0.05) is 267 Å². The summed E-state index contributed by atoms with van der Waals surface area (Å²) in [4.78, 5) is 0. The lowest BCUT2D eigenvalue weighted by molar-refractivity contribution is 1.17. The van der Waals surface area contributed by atoms with Crippen molar-refractivity contribution in [2.45, 2.75) is 0 Å². The normalized spacial score (nSPS) is 11.9. The SMILES string of the molecule is c1ccc(-c2cccc([Si](c3ccccc3)(c3ccccc3)c3ccc(-n4c5ccc(-n6c7ccccc7c7ccccc76)cc5c5c([Si](c6ccccc6)(c6ccccc6)c6ccccc6)cccc54)cc3)c2)cc1. The van der Waals surface area contributed by atoms with Crippen molar-refractivity contribution < 1.29 is 0 Å². The van der Waals surface area contributed by atoms with E-state index in [1.807, 2.05) is 0 Å². The first kappa shape index (κ1) is 45.3. The Balaban J connectivity index is 1.06. The Morgan fingerprint density at radius 1 is 0.211 bits per heavy atom. The van der Waals surface area contributed by atoms with Gasteiger partial charge in [0.2, 0.25) is 0 Å². The molecular weight excluding hydrogens is 949 g/mol. The molecule has 0 aliphatic heterocycles. The Bertz CT molecular complexity index is 4170. The van der Waals surface area contributed by atoms with E-state index in [2.05, 4.69) is 325 Å². The molecule has 76 heavy (non-hydrogen) atoms. The van der Waals surface area contributed by atoms with Crippen molar-refractivity contribution in [1.29, 1.82) is 0 Å². The van der Waals surface area contributed by atoms with E-state index in [-0.39, 0.29) is 0 Å². The van der Waals surface area contributed by atoms with Gasteiger partial charge in [0.05, 0.1) is 22.1 Å². The van der Waals surface area contributed by atoms with E-state index >= 15 is 0 Å². The van der Waals surface area contributed by atoms with E-state index in [0.717, 1.165) is 11.4 Å². The van der Waals surface area contributed by atoms with E-state index < -0.39 is 16.1 Å². The Hall–Kier alpha value is -9.33. The molecule has 12 aromatic carbocycles. The number of para-hydroxylation sites is 2. The zero-order valence-corrected chi connectivity index (χ0v) is 43.9. The number of fused-ring (bicyclic) bond motifs is 6. The molecule has 2 aromatic heterocycles. The van der Waals surface area contributed by atoms with Gasteiger partial charge in [-0.3, -0.25) is 0 Å². The van der Waals surface area contributed by atoms with Gasteiger partial charge in [-0.2, -0.15) is 0 Å². The Morgan fingerprint density at radius 2 is 0.579 bits per heavy atom. The lowest BCUT2D eigenvalue weighted by Gasteiger charge is -2.35. The van der Waals surface area contributed by atoms with Gasteiger partial charge in [0.1, 0.15) is 0 Å². The molecule has 14 rings (SSSR count).